The molecule has 2 bridgehead atoms. The summed E-state index contributed by atoms with van der Waals surface area (Å²) in [4.78, 5) is 39.3. The molecule has 3 aliphatic rings. The molecule has 0 aliphatic carbocycles. The molecule has 2 N–H and O–H groups in total. The lowest BCUT2D eigenvalue weighted by atomic mass is 9.90. The van der Waals surface area contributed by atoms with E-state index in [1.54, 1.807) is 31.7 Å². The van der Waals surface area contributed by atoms with Crippen molar-refractivity contribution in [3.05, 3.63) is 45.5 Å². The van der Waals surface area contributed by atoms with Crippen LogP contribution in [-0.4, -0.2) is 68.5 Å². The van der Waals surface area contributed by atoms with Crippen LogP contribution in [0.4, 0.5) is 24.8 Å². The summed E-state index contributed by atoms with van der Waals surface area (Å²) in [6, 6.07) is 4.91. The minimum absolute atomic E-state index is 0.0612. The molecular formula is C36H38ClFN6O6S. The maximum atomic E-state index is 15.5. The highest BCUT2D eigenvalue weighted by molar-refractivity contribution is 7.23. The molecule has 2 aromatic heterocycles. The Morgan fingerprint density at radius 2 is 1.75 bits per heavy atom. The Labute approximate surface area is 303 Å². The number of anilines is 2. The fourth-order valence-corrected chi connectivity index (χ4v) is 8.71. The Kier molecular flexibility index (Phi) is 8.77. The third-order valence-corrected chi connectivity index (χ3v) is 10.6. The summed E-state index contributed by atoms with van der Waals surface area (Å²) in [7, 11) is 0. The topological polar surface area (TPSA) is 150 Å². The van der Waals surface area contributed by atoms with Crippen LogP contribution in [0.5, 0.6) is 0 Å². The molecule has 0 radical (unpaired) electrons. The molecule has 12 nitrogen and oxygen atoms in total. The number of nitrogens with zero attached hydrogens (tertiary/aromatic N) is 5. The fourth-order valence-electron chi connectivity index (χ4n) is 7.29. The first-order valence-electron chi connectivity index (χ1n) is 16.7. The monoisotopic (exact) mass is 736 g/mol. The molecule has 2 unspecified atom stereocenters. The number of thiophene rings is 1. The lowest BCUT2D eigenvalue weighted by Gasteiger charge is -2.42. The molecule has 15 heteroatoms. The predicted molar refractivity (Wildman–Crippen MR) is 191 cm³/mol. The van der Waals surface area contributed by atoms with E-state index in [1.165, 1.54) is 6.07 Å². The fraction of sp³-hybridized carbons (Fsp3) is 0.472. The highest BCUT2D eigenvalue weighted by atomic mass is 35.5. The smallest absolute Gasteiger partial charge is 0.412 e. The van der Waals surface area contributed by atoms with E-state index in [0.717, 1.165) is 35.3 Å². The summed E-state index contributed by atoms with van der Waals surface area (Å²) >= 11 is 8.27. The van der Waals surface area contributed by atoms with Gasteiger partial charge in [0.1, 0.15) is 40.5 Å². The summed E-state index contributed by atoms with van der Waals surface area (Å²) in [6.45, 7) is 11.5. The summed E-state index contributed by atoms with van der Waals surface area (Å²) in [6.07, 6.45) is 0.532. The summed E-state index contributed by atoms with van der Waals surface area (Å²) in [5, 5.41) is 24.7. The molecule has 5 heterocycles. The largest absolute Gasteiger partial charge is 0.444 e. The van der Waals surface area contributed by atoms with E-state index in [9.17, 15) is 20.0 Å². The van der Waals surface area contributed by atoms with E-state index in [4.69, 9.17) is 35.8 Å². The molecule has 51 heavy (non-hydrogen) atoms. The summed E-state index contributed by atoms with van der Waals surface area (Å²) < 4.78 is 32.7. The van der Waals surface area contributed by atoms with Crippen LogP contribution in [0.3, 0.4) is 0 Å². The zero-order valence-electron chi connectivity index (χ0n) is 29.1. The van der Waals surface area contributed by atoms with E-state index in [0.29, 0.717) is 40.9 Å². The number of aromatic nitrogens is 2. The van der Waals surface area contributed by atoms with Crippen molar-refractivity contribution in [2.45, 2.75) is 97.5 Å². The Bertz CT molecular complexity index is 2140. The van der Waals surface area contributed by atoms with Crippen LogP contribution in [0.1, 0.15) is 76.9 Å². The number of nitrogens with one attached hydrogen (secondary N) is 1. The quantitative estimate of drug-likeness (QED) is 0.214. The summed E-state index contributed by atoms with van der Waals surface area (Å²) in [5.74, 6) is 0.210. The van der Waals surface area contributed by atoms with Crippen molar-refractivity contribution in [2.75, 3.05) is 23.3 Å². The number of halogens is 2. The van der Waals surface area contributed by atoms with Gasteiger partial charge in [-0.3, -0.25) is 5.32 Å². The van der Waals surface area contributed by atoms with Crippen molar-refractivity contribution in [2.24, 2.45) is 0 Å². The molecule has 2 aromatic carbocycles. The van der Waals surface area contributed by atoms with Gasteiger partial charge < -0.3 is 29.1 Å². The van der Waals surface area contributed by atoms with Crippen LogP contribution in [0, 0.1) is 17.1 Å². The molecule has 2 saturated heterocycles. The number of rotatable bonds is 4. The number of carbonyl (C=O) groups is 2. The van der Waals surface area contributed by atoms with Crippen LogP contribution >= 0.6 is 22.9 Å². The number of benzene rings is 2. The highest BCUT2D eigenvalue weighted by Crippen LogP contribution is 2.50. The third kappa shape index (κ3) is 6.30. The first-order chi connectivity index (χ1) is 24.1. The van der Waals surface area contributed by atoms with Crippen LogP contribution in [-0.2, 0) is 34.0 Å². The van der Waals surface area contributed by atoms with Crippen LogP contribution in [0.15, 0.2) is 12.1 Å². The number of carbonyl (C=O) groups excluding carboxylic acids is 2. The minimum atomic E-state index is -0.789. The Morgan fingerprint density at radius 3 is 2.37 bits per heavy atom. The molecule has 0 saturated carbocycles. The maximum Gasteiger partial charge on any atom is 0.412 e. The Hall–Kier alpha value is -4.29. The van der Waals surface area contributed by atoms with Crippen LogP contribution < -0.4 is 10.2 Å². The number of hydrogen-bond donors (Lipinski definition) is 2. The minimum Gasteiger partial charge on any atom is -0.444 e. The Balaban J connectivity index is 1.38. The first-order valence-corrected chi connectivity index (χ1v) is 17.9. The molecule has 7 rings (SSSR count). The lowest BCUT2D eigenvalue weighted by molar-refractivity contribution is 0.0209. The van der Waals surface area contributed by atoms with Gasteiger partial charge in [0, 0.05) is 36.1 Å². The van der Waals surface area contributed by atoms with Crippen molar-refractivity contribution < 1.29 is 33.3 Å². The van der Waals surface area contributed by atoms with Crippen molar-refractivity contribution in [1.29, 1.82) is 5.26 Å². The normalized spacial score (nSPS) is 18.7. The van der Waals surface area contributed by atoms with E-state index < -0.39 is 29.7 Å². The maximum absolute atomic E-state index is 15.5. The zero-order chi connectivity index (χ0) is 36.6. The number of nitriles is 1. The molecule has 2 amide bonds. The van der Waals surface area contributed by atoms with E-state index in [2.05, 4.69) is 16.3 Å². The third-order valence-electron chi connectivity index (χ3n) is 9.13. The molecule has 0 spiro atoms. The van der Waals surface area contributed by atoms with E-state index in [1.807, 2.05) is 20.8 Å². The number of aliphatic hydroxyl groups is 1. The number of ether oxygens (including phenoxy) is 3. The van der Waals surface area contributed by atoms with Crippen LogP contribution in [0.25, 0.3) is 32.1 Å². The number of aliphatic hydroxyl groups excluding tert-OH is 1. The average molecular weight is 737 g/mol. The van der Waals surface area contributed by atoms with E-state index in [-0.39, 0.29) is 62.9 Å². The van der Waals surface area contributed by atoms with Crippen molar-refractivity contribution >= 4 is 66.9 Å². The van der Waals surface area contributed by atoms with Crippen LogP contribution in [0.2, 0.25) is 5.02 Å². The molecule has 268 valence electrons. The van der Waals surface area contributed by atoms with Gasteiger partial charge in [-0.25, -0.2) is 23.9 Å². The van der Waals surface area contributed by atoms with Crippen molar-refractivity contribution in [3.8, 4) is 17.2 Å². The lowest BCUT2D eigenvalue weighted by Crippen LogP contribution is -2.56. The molecule has 4 aromatic rings. The van der Waals surface area contributed by atoms with Gasteiger partial charge in [-0.05, 0) is 77.1 Å². The second-order valence-corrected chi connectivity index (χ2v) is 16.4. The molecular weight excluding hydrogens is 699 g/mol. The standard InChI is InChI=1S/C36H38ClFN6O6S/c1-35(2,3)49-33(46)42-32-20(11-39)26-19(9-10-23(38)30(26)51-32)25-21-15-48-16-22(21)27-29(28(25)37)40-24(14-45)41-31(27)44-17-7-8-18(44)13-43(12-17)34(47)50-36(4,5)6/h9-10,17-18,45H,7-8,12-16H2,1-6H3,(H,42,46). The average Bonchev–Trinajstić information content (AvgIpc) is 3.73. The predicted octanol–water partition coefficient (Wildman–Crippen LogP) is 7.63. The number of amides is 2. The van der Waals surface area contributed by atoms with Crippen molar-refractivity contribution in [3.63, 3.8) is 0 Å². The zero-order valence-corrected chi connectivity index (χ0v) is 30.7. The van der Waals surface area contributed by atoms with Gasteiger partial charge in [-0.2, -0.15) is 5.26 Å². The molecule has 2 atom stereocenters. The van der Waals surface area contributed by atoms with Gasteiger partial charge in [-0.15, -0.1) is 11.3 Å². The number of fused-ring (bicyclic) bond motifs is 6. The highest BCUT2D eigenvalue weighted by Gasteiger charge is 2.44. The number of likely N-dealkylation sites (tertiary alicyclic amines) is 1. The van der Waals surface area contributed by atoms with Gasteiger partial charge >= 0.3 is 12.2 Å². The summed E-state index contributed by atoms with van der Waals surface area (Å²) in [5.41, 5.74) is 1.59. The van der Waals surface area contributed by atoms with Gasteiger partial charge in [-0.1, -0.05) is 17.7 Å². The second kappa shape index (κ2) is 12.7. The molecule has 3 aliphatic heterocycles. The van der Waals surface area contributed by atoms with Crippen molar-refractivity contribution in [1.82, 2.24) is 14.9 Å². The Morgan fingerprint density at radius 1 is 1.08 bits per heavy atom. The SMILES string of the molecule is CC(C)(C)OC(=O)Nc1sc2c(F)ccc(-c3c4c(c5c(N6C7CCC6CN(C(=O)OC(C)(C)C)C7)nc(CO)nc5c3Cl)COC4)c2c1C#N. The van der Waals surface area contributed by atoms with Gasteiger partial charge in [0.25, 0.3) is 0 Å². The van der Waals surface area contributed by atoms with Gasteiger partial charge in [0.05, 0.1) is 39.4 Å². The van der Waals surface area contributed by atoms with Gasteiger partial charge in [0.15, 0.2) is 5.82 Å². The first kappa shape index (κ1) is 35.1. The van der Waals surface area contributed by atoms with E-state index >= 15 is 4.39 Å². The molecule has 2 fully saturated rings. The number of piperazine rings is 1. The van der Waals surface area contributed by atoms with Gasteiger partial charge in [0.2, 0.25) is 0 Å². The second-order valence-electron chi connectivity index (χ2n) is 15.0. The number of hydrogen-bond acceptors (Lipinski definition) is 11.